The van der Waals surface area contributed by atoms with E-state index in [4.69, 9.17) is 9.47 Å². The number of ether oxygens (including phenoxy) is 2. The summed E-state index contributed by atoms with van der Waals surface area (Å²) in [5, 5.41) is 4.32. The van der Waals surface area contributed by atoms with E-state index in [9.17, 15) is 4.79 Å². The Morgan fingerprint density at radius 1 is 1.04 bits per heavy atom. The van der Waals surface area contributed by atoms with E-state index in [0.29, 0.717) is 5.75 Å². The smallest absolute Gasteiger partial charge is 0.363 e. The summed E-state index contributed by atoms with van der Waals surface area (Å²) in [6, 6.07) is 19.1. The van der Waals surface area contributed by atoms with Crippen LogP contribution in [0.25, 0.3) is 5.69 Å². The van der Waals surface area contributed by atoms with Crippen LogP contribution in [0, 0.1) is 0 Å². The number of aromatic nitrogens is 2. The van der Waals surface area contributed by atoms with Crippen molar-refractivity contribution in [2.45, 2.75) is 13.0 Å². The van der Waals surface area contributed by atoms with Crippen LogP contribution in [0.1, 0.15) is 29.1 Å². The summed E-state index contributed by atoms with van der Waals surface area (Å²) in [7, 11) is 1.50. The van der Waals surface area contributed by atoms with Gasteiger partial charge in [0.25, 0.3) is 0 Å². The Morgan fingerprint density at radius 2 is 1.67 bits per heavy atom. The molecule has 0 saturated carbocycles. The van der Waals surface area contributed by atoms with Crippen LogP contribution in [0.3, 0.4) is 0 Å². The van der Waals surface area contributed by atoms with E-state index in [0.717, 1.165) is 11.3 Å². The molecule has 0 aliphatic rings. The number of nitrogens with zero attached hydrogens (tertiary/aromatic N) is 2. The molecule has 0 N–H and O–H groups in total. The van der Waals surface area contributed by atoms with Gasteiger partial charge in [0, 0.05) is 0 Å². The number of hydrogen-bond acceptors (Lipinski definition) is 4. The molecule has 1 heterocycles. The monoisotopic (exact) mass is 322 g/mol. The number of para-hydroxylation sites is 1. The minimum atomic E-state index is -0.516. The molecule has 0 aliphatic heterocycles. The van der Waals surface area contributed by atoms with Crippen molar-refractivity contribution in [3.8, 4) is 11.4 Å². The fourth-order valence-electron chi connectivity index (χ4n) is 2.37. The molecule has 0 saturated heterocycles. The summed E-state index contributed by atoms with van der Waals surface area (Å²) in [4.78, 5) is 12.5. The van der Waals surface area contributed by atoms with Gasteiger partial charge in [-0.25, -0.2) is 9.48 Å². The molecule has 24 heavy (non-hydrogen) atoms. The lowest BCUT2D eigenvalue weighted by Crippen LogP contribution is -2.11. The summed E-state index contributed by atoms with van der Waals surface area (Å²) < 4.78 is 12.4. The predicted molar refractivity (Wildman–Crippen MR) is 90.4 cm³/mol. The normalized spacial score (nSPS) is 11.8. The minimum absolute atomic E-state index is 0.157. The summed E-state index contributed by atoms with van der Waals surface area (Å²) >= 11 is 0. The van der Waals surface area contributed by atoms with Crippen LogP contribution >= 0.6 is 0 Å². The Balaban J connectivity index is 1.83. The number of carbonyl (C=O) groups excluding carboxylic acids is 1. The van der Waals surface area contributed by atoms with Crippen LogP contribution in [0.2, 0.25) is 0 Å². The van der Waals surface area contributed by atoms with Crippen LogP contribution in [0.5, 0.6) is 5.75 Å². The second-order valence-corrected chi connectivity index (χ2v) is 5.28. The SMILES string of the molecule is COc1cn(-c2ccccc2)nc1C(=O)O[C@H](C)c1ccccc1. The molecule has 1 atom stereocenters. The number of hydrogen-bond donors (Lipinski definition) is 0. The first-order valence-electron chi connectivity index (χ1n) is 7.64. The molecule has 5 heteroatoms. The van der Waals surface area contributed by atoms with Gasteiger partial charge in [-0.2, -0.15) is 5.10 Å². The van der Waals surface area contributed by atoms with Gasteiger partial charge in [-0.15, -0.1) is 0 Å². The summed E-state index contributed by atoms with van der Waals surface area (Å²) in [6.45, 7) is 1.83. The largest absolute Gasteiger partial charge is 0.493 e. The van der Waals surface area contributed by atoms with E-state index >= 15 is 0 Å². The van der Waals surface area contributed by atoms with Crippen molar-refractivity contribution < 1.29 is 14.3 Å². The highest BCUT2D eigenvalue weighted by atomic mass is 16.5. The van der Waals surface area contributed by atoms with Crippen molar-refractivity contribution in [1.29, 1.82) is 0 Å². The minimum Gasteiger partial charge on any atom is -0.493 e. The third kappa shape index (κ3) is 3.30. The molecule has 1 aromatic heterocycles. The molecule has 3 rings (SSSR count). The van der Waals surface area contributed by atoms with E-state index in [1.165, 1.54) is 7.11 Å². The van der Waals surface area contributed by atoms with Crippen molar-refractivity contribution in [3.05, 3.63) is 78.1 Å². The first-order valence-corrected chi connectivity index (χ1v) is 7.64. The lowest BCUT2D eigenvalue weighted by Gasteiger charge is -2.12. The molecule has 0 aliphatic carbocycles. The van der Waals surface area contributed by atoms with Crippen LogP contribution in [0.4, 0.5) is 0 Å². The number of rotatable bonds is 5. The van der Waals surface area contributed by atoms with Gasteiger partial charge in [0.1, 0.15) is 6.10 Å². The average molecular weight is 322 g/mol. The Hall–Kier alpha value is -3.08. The van der Waals surface area contributed by atoms with Crippen molar-refractivity contribution in [2.24, 2.45) is 0 Å². The second-order valence-electron chi connectivity index (χ2n) is 5.28. The molecule has 122 valence electrons. The number of methoxy groups -OCH3 is 1. The Kier molecular flexibility index (Phi) is 4.61. The van der Waals surface area contributed by atoms with Crippen molar-refractivity contribution in [2.75, 3.05) is 7.11 Å². The maximum atomic E-state index is 12.5. The molecule has 0 amide bonds. The predicted octanol–water partition coefficient (Wildman–Crippen LogP) is 3.80. The Bertz CT molecular complexity index is 813. The maximum absolute atomic E-state index is 12.5. The van der Waals surface area contributed by atoms with Crippen LogP contribution in [-0.4, -0.2) is 22.9 Å². The summed E-state index contributed by atoms with van der Waals surface area (Å²) in [5.74, 6) is -0.137. The summed E-state index contributed by atoms with van der Waals surface area (Å²) in [5.41, 5.74) is 1.92. The van der Waals surface area contributed by atoms with E-state index < -0.39 is 5.97 Å². The van der Waals surface area contributed by atoms with Crippen LogP contribution in [0.15, 0.2) is 66.9 Å². The van der Waals surface area contributed by atoms with E-state index in [1.54, 1.807) is 10.9 Å². The van der Waals surface area contributed by atoms with Gasteiger partial charge in [-0.1, -0.05) is 48.5 Å². The Labute approximate surface area is 140 Å². The lowest BCUT2D eigenvalue weighted by molar-refractivity contribution is 0.0327. The molecule has 2 aromatic carbocycles. The number of benzene rings is 2. The quantitative estimate of drug-likeness (QED) is 0.671. The number of carbonyl (C=O) groups is 1. The van der Waals surface area contributed by atoms with Crippen LogP contribution in [-0.2, 0) is 4.74 Å². The zero-order valence-corrected chi connectivity index (χ0v) is 13.5. The fraction of sp³-hybridized carbons (Fsp3) is 0.158. The van der Waals surface area contributed by atoms with Gasteiger partial charge in [-0.05, 0) is 24.6 Å². The van der Waals surface area contributed by atoms with Gasteiger partial charge in [0.15, 0.2) is 5.75 Å². The highest BCUT2D eigenvalue weighted by Crippen LogP contribution is 2.23. The topological polar surface area (TPSA) is 53.4 Å². The zero-order chi connectivity index (χ0) is 16.9. The fourth-order valence-corrected chi connectivity index (χ4v) is 2.37. The summed E-state index contributed by atoms with van der Waals surface area (Å²) in [6.07, 6.45) is 1.30. The van der Waals surface area contributed by atoms with Crippen molar-refractivity contribution in [3.63, 3.8) is 0 Å². The van der Waals surface area contributed by atoms with Crippen molar-refractivity contribution in [1.82, 2.24) is 9.78 Å². The highest BCUT2D eigenvalue weighted by molar-refractivity contribution is 5.90. The van der Waals surface area contributed by atoms with Gasteiger partial charge >= 0.3 is 5.97 Å². The van der Waals surface area contributed by atoms with E-state index in [-0.39, 0.29) is 11.8 Å². The van der Waals surface area contributed by atoms with Gasteiger partial charge < -0.3 is 9.47 Å². The third-order valence-corrected chi connectivity index (χ3v) is 3.67. The molecule has 0 bridgehead atoms. The first kappa shape index (κ1) is 15.8. The van der Waals surface area contributed by atoms with Gasteiger partial charge in [-0.3, -0.25) is 0 Å². The Morgan fingerprint density at radius 3 is 2.29 bits per heavy atom. The standard InChI is InChI=1S/C19H18N2O3/c1-14(15-9-5-3-6-10-15)24-19(22)18-17(23-2)13-21(20-18)16-11-7-4-8-12-16/h3-14H,1-2H3/t14-/m1/s1. The van der Waals surface area contributed by atoms with Crippen molar-refractivity contribution >= 4 is 5.97 Å². The molecule has 0 unspecified atom stereocenters. The molecule has 0 radical (unpaired) electrons. The van der Waals surface area contributed by atoms with Gasteiger partial charge in [0.2, 0.25) is 5.69 Å². The van der Waals surface area contributed by atoms with Crippen LogP contribution < -0.4 is 4.74 Å². The molecular weight excluding hydrogens is 304 g/mol. The maximum Gasteiger partial charge on any atom is 0.363 e. The number of esters is 1. The zero-order valence-electron chi connectivity index (χ0n) is 13.5. The lowest BCUT2D eigenvalue weighted by atomic mass is 10.1. The molecular formula is C19H18N2O3. The second kappa shape index (κ2) is 7.00. The third-order valence-electron chi connectivity index (χ3n) is 3.67. The molecule has 5 nitrogen and oxygen atoms in total. The molecule has 3 aromatic rings. The van der Waals surface area contributed by atoms with E-state index in [2.05, 4.69) is 5.10 Å². The first-order chi connectivity index (χ1) is 11.7. The molecule has 0 spiro atoms. The van der Waals surface area contributed by atoms with E-state index in [1.807, 2.05) is 67.6 Å². The van der Waals surface area contributed by atoms with Gasteiger partial charge in [0.05, 0.1) is 19.0 Å². The average Bonchev–Trinajstić information content (AvgIpc) is 3.08. The highest BCUT2D eigenvalue weighted by Gasteiger charge is 2.22. The molecule has 0 fully saturated rings.